The predicted octanol–water partition coefficient (Wildman–Crippen LogP) is 4.79. The van der Waals surface area contributed by atoms with E-state index in [0.717, 1.165) is 0 Å². The lowest BCUT2D eigenvalue weighted by Crippen LogP contribution is -2.30. The molecule has 1 heteroatoms. The minimum atomic E-state index is 0.487. The zero-order chi connectivity index (χ0) is 14.2. The molecule has 110 valence electrons. The molecular weight excluding hydrogens is 242 g/mol. The quantitative estimate of drug-likeness (QED) is 0.833. The molecule has 1 saturated carbocycles. The molecule has 0 aliphatic heterocycles. The Morgan fingerprint density at radius 1 is 1.15 bits per heavy atom. The van der Waals surface area contributed by atoms with Crippen LogP contribution in [0, 0.1) is 5.41 Å². The highest BCUT2D eigenvalue weighted by molar-refractivity contribution is 5.35. The first kappa shape index (κ1) is 14.1. The van der Waals surface area contributed by atoms with Crippen molar-refractivity contribution in [2.45, 2.75) is 77.8 Å². The van der Waals surface area contributed by atoms with Gasteiger partial charge in [-0.25, -0.2) is 0 Å². The van der Waals surface area contributed by atoms with Gasteiger partial charge in [0.1, 0.15) is 0 Å². The van der Waals surface area contributed by atoms with E-state index in [9.17, 15) is 0 Å². The van der Waals surface area contributed by atoms with E-state index in [-0.39, 0.29) is 0 Å². The number of nitrogens with one attached hydrogen (secondary N) is 1. The van der Waals surface area contributed by atoms with Crippen LogP contribution in [0.5, 0.6) is 0 Å². The molecule has 20 heavy (non-hydrogen) atoms. The molecule has 2 unspecified atom stereocenters. The second-order valence-corrected chi connectivity index (χ2v) is 7.73. The molecule has 0 radical (unpaired) electrons. The summed E-state index contributed by atoms with van der Waals surface area (Å²) in [5.74, 6) is 0. The van der Waals surface area contributed by atoms with Gasteiger partial charge in [-0.2, -0.15) is 0 Å². The third-order valence-corrected chi connectivity index (χ3v) is 5.33. The Balaban J connectivity index is 1.66. The lowest BCUT2D eigenvalue weighted by molar-refractivity contribution is 0.356. The minimum Gasteiger partial charge on any atom is -0.307 e. The molecule has 1 aromatic carbocycles. The Bertz CT molecular complexity index is 475. The molecule has 2 aliphatic carbocycles. The Labute approximate surface area is 124 Å². The van der Waals surface area contributed by atoms with Crippen molar-refractivity contribution >= 4 is 0 Å². The van der Waals surface area contributed by atoms with E-state index in [1.807, 2.05) is 0 Å². The van der Waals surface area contributed by atoms with Crippen molar-refractivity contribution in [3.8, 4) is 0 Å². The van der Waals surface area contributed by atoms with E-state index in [4.69, 9.17) is 0 Å². The maximum Gasteiger partial charge on any atom is 0.0294 e. The van der Waals surface area contributed by atoms with Crippen molar-refractivity contribution in [3.05, 3.63) is 34.9 Å². The molecule has 2 atom stereocenters. The fourth-order valence-electron chi connectivity index (χ4n) is 4.05. The SMILES string of the molecule is CC(NC1CCC(C)(C)C1)c1ccc2c(c1)CCCC2. The maximum atomic E-state index is 3.86. The van der Waals surface area contributed by atoms with Gasteiger partial charge in [-0.3, -0.25) is 0 Å². The van der Waals surface area contributed by atoms with Gasteiger partial charge in [-0.05, 0) is 74.0 Å². The first-order chi connectivity index (χ1) is 9.53. The van der Waals surface area contributed by atoms with Crippen LogP contribution in [0.3, 0.4) is 0 Å². The van der Waals surface area contributed by atoms with Gasteiger partial charge in [0.15, 0.2) is 0 Å². The minimum absolute atomic E-state index is 0.487. The monoisotopic (exact) mass is 271 g/mol. The lowest BCUT2D eigenvalue weighted by Gasteiger charge is -2.24. The Morgan fingerprint density at radius 3 is 2.60 bits per heavy atom. The van der Waals surface area contributed by atoms with Crippen LogP contribution < -0.4 is 5.32 Å². The number of aryl methyl sites for hydroxylation is 2. The summed E-state index contributed by atoms with van der Waals surface area (Å²) in [6.07, 6.45) is 9.33. The van der Waals surface area contributed by atoms with Gasteiger partial charge in [-0.15, -0.1) is 0 Å². The van der Waals surface area contributed by atoms with Crippen molar-refractivity contribution in [2.24, 2.45) is 5.41 Å². The predicted molar refractivity (Wildman–Crippen MR) is 86.1 cm³/mol. The van der Waals surface area contributed by atoms with Gasteiger partial charge in [0.2, 0.25) is 0 Å². The van der Waals surface area contributed by atoms with Gasteiger partial charge >= 0.3 is 0 Å². The van der Waals surface area contributed by atoms with Gasteiger partial charge in [0.25, 0.3) is 0 Å². The van der Waals surface area contributed by atoms with Crippen LogP contribution in [-0.4, -0.2) is 6.04 Å². The van der Waals surface area contributed by atoms with E-state index < -0.39 is 0 Å². The topological polar surface area (TPSA) is 12.0 Å². The lowest BCUT2D eigenvalue weighted by atomic mass is 9.89. The van der Waals surface area contributed by atoms with E-state index in [1.54, 1.807) is 11.1 Å². The number of rotatable bonds is 3. The van der Waals surface area contributed by atoms with Gasteiger partial charge in [0, 0.05) is 12.1 Å². The second-order valence-electron chi connectivity index (χ2n) is 7.73. The number of hydrogen-bond acceptors (Lipinski definition) is 1. The van der Waals surface area contributed by atoms with Crippen LogP contribution in [0.15, 0.2) is 18.2 Å². The number of fused-ring (bicyclic) bond motifs is 1. The van der Waals surface area contributed by atoms with Gasteiger partial charge in [0.05, 0.1) is 0 Å². The van der Waals surface area contributed by atoms with Crippen molar-refractivity contribution in [3.63, 3.8) is 0 Å². The van der Waals surface area contributed by atoms with Crippen LogP contribution in [0.4, 0.5) is 0 Å². The highest BCUT2D eigenvalue weighted by Crippen LogP contribution is 2.38. The summed E-state index contributed by atoms with van der Waals surface area (Å²) in [7, 11) is 0. The van der Waals surface area contributed by atoms with E-state index in [2.05, 4.69) is 44.3 Å². The molecule has 3 rings (SSSR count). The van der Waals surface area contributed by atoms with Gasteiger partial charge < -0.3 is 5.32 Å². The van der Waals surface area contributed by atoms with E-state index >= 15 is 0 Å². The summed E-state index contributed by atoms with van der Waals surface area (Å²) in [5.41, 5.74) is 5.21. The molecule has 0 spiro atoms. The highest BCUT2D eigenvalue weighted by Gasteiger charge is 2.31. The fraction of sp³-hybridized carbons (Fsp3) is 0.684. The van der Waals surface area contributed by atoms with Crippen molar-refractivity contribution in [1.29, 1.82) is 0 Å². The number of benzene rings is 1. The molecule has 1 fully saturated rings. The standard InChI is InChI=1S/C19H29N/c1-14(20-18-10-11-19(2,3)13-18)16-9-8-15-6-4-5-7-17(15)12-16/h8-9,12,14,18,20H,4-7,10-11,13H2,1-3H3. The zero-order valence-electron chi connectivity index (χ0n) is 13.3. The molecule has 0 aromatic heterocycles. The molecule has 0 heterocycles. The molecule has 2 aliphatic rings. The summed E-state index contributed by atoms with van der Waals surface area (Å²) in [6, 6.07) is 8.38. The summed E-state index contributed by atoms with van der Waals surface area (Å²) in [4.78, 5) is 0. The van der Waals surface area contributed by atoms with Gasteiger partial charge in [-0.1, -0.05) is 32.0 Å². The third kappa shape index (κ3) is 3.09. The summed E-state index contributed by atoms with van der Waals surface area (Å²) in [5, 5.41) is 3.86. The first-order valence-corrected chi connectivity index (χ1v) is 8.41. The van der Waals surface area contributed by atoms with Crippen LogP contribution >= 0.6 is 0 Å². The third-order valence-electron chi connectivity index (χ3n) is 5.33. The molecule has 0 saturated heterocycles. The molecule has 1 aromatic rings. The van der Waals surface area contributed by atoms with Crippen LogP contribution in [0.1, 0.15) is 75.6 Å². The average Bonchev–Trinajstić information content (AvgIpc) is 2.77. The summed E-state index contributed by atoms with van der Waals surface area (Å²) < 4.78 is 0. The Kier molecular flexibility index (Phi) is 3.90. The van der Waals surface area contributed by atoms with E-state index in [1.165, 1.54) is 50.5 Å². The number of hydrogen-bond donors (Lipinski definition) is 1. The average molecular weight is 271 g/mol. The van der Waals surface area contributed by atoms with Crippen LogP contribution in [-0.2, 0) is 12.8 Å². The molecule has 0 amide bonds. The van der Waals surface area contributed by atoms with Crippen molar-refractivity contribution in [2.75, 3.05) is 0 Å². The summed E-state index contributed by atoms with van der Waals surface area (Å²) in [6.45, 7) is 7.13. The van der Waals surface area contributed by atoms with Crippen molar-refractivity contribution in [1.82, 2.24) is 5.32 Å². The Morgan fingerprint density at radius 2 is 1.90 bits per heavy atom. The first-order valence-electron chi connectivity index (χ1n) is 8.41. The Hall–Kier alpha value is -0.820. The largest absolute Gasteiger partial charge is 0.307 e. The smallest absolute Gasteiger partial charge is 0.0294 e. The highest BCUT2D eigenvalue weighted by atomic mass is 15.0. The van der Waals surface area contributed by atoms with Crippen LogP contribution in [0.2, 0.25) is 0 Å². The molecule has 0 bridgehead atoms. The zero-order valence-corrected chi connectivity index (χ0v) is 13.3. The van der Waals surface area contributed by atoms with E-state index in [0.29, 0.717) is 17.5 Å². The summed E-state index contributed by atoms with van der Waals surface area (Å²) >= 11 is 0. The maximum absolute atomic E-state index is 3.86. The van der Waals surface area contributed by atoms with Crippen LogP contribution in [0.25, 0.3) is 0 Å². The van der Waals surface area contributed by atoms with Crippen molar-refractivity contribution < 1.29 is 0 Å². The second kappa shape index (κ2) is 5.52. The normalized spacial score (nSPS) is 26.2. The molecule has 1 N–H and O–H groups in total. The molecular formula is C19H29N. The molecule has 1 nitrogen and oxygen atoms in total. The fourth-order valence-corrected chi connectivity index (χ4v) is 4.05.